The van der Waals surface area contributed by atoms with Crippen LogP contribution in [0.4, 0.5) is 5.82 Å². The number of nitrogens with zero attached hydrogens (tertiary/aromatic N) is 4. The third-order valence-electron chi connectivity index (χ3n) is 4.94. The molecule has 6 nitrogen and oxygen atoms in total. The molecule has 0 radical (unpaired) electrons. The van der Waals surface area contributed by atoms with Crippen molar-refractivity contribution in [2.24, 2.45) is 0 Å². The number of hydrogen-bond donors (Lipinski definition) is 1. The second-order valence-corrected chi connectivity index (χ2v) is 9.29. The average molecular weight is 432 g/mol. The van der Waals surface area contributed by atoms with E-state index in [0.29, 0.717) is 12.4 Å². The summed E-state index contributed by atoms with van der Waals surface area (Å²) in [6, 6.07) is 14.2. The molecule has 7 heteroatoms. The van der Waals surface area contributed by atoms with Gasteiger partial charge < -0.3 is 5.32 Å². The Balaban J connectivity index is 1.39. The lowest BCUT2D eigenvalue weighted by molar-refractivity contribution is -0.115. The van der Waals surface area contributed by atoms with Gasteiger partial charge in [-0.05, 0) is 28.7 Å². The van der Waals surface area contributed by atoms with E-state index in [9.17, 15) is 4.79 Å². The summed E-state index contributed by atoms with van der Waals surface area (Å²) in [4.78, 5) is 21.3. The maximum absolute atomic E-state index is 12.6. The van der Waals surface area contributed by atoms with Crippen molar-refractivity contribution in [2.45, 2.75) is 39.2 Å². The number of hydrogen-bond acceptors (Lipinski definition) is 5. The van der Waals surface area contributed by atoms with Gasteiger partial charge in [-0.2, -0.15) is 5.10 Å². The van der Waals surface area contributed by atoms with Crippen LogP contribution in [0, 0.1) is 0 Å². The first-order valence-electron chi connectivity index (χ1n) is 10.1. The Hall–Kier alpha value is -3.32. The van der Waals surface area contributed by atoms with Gasteiger partial charge >= 0.3 is 0 Å². The molecule has 0 atom stereocenters. The summed E-state index contributed by atoms with van der Waals surface area (Å²) in [7, 11) is 0. The molecule has 0 saturated carbocycles. The number of amides is 1. The number of nitrogens with one attached hydrogen (secondary N) is 1. The third-order valence-corrected chi connectivity index (χ3v) is 5.88. The maximum Gasteiger partial charge on any atom is 0.231 e. The third kappa shape index (κ3) is 5.24. The number of aromatic nitrogens is 4. The summed E-state index contributed by atoms with van der Waals surface area (Å²) in [6.45, 7) is 7.19. The predicted molar refractivity (Wildman–Crippen MR) is 124 cm³/mol. The monoisotopic (exact) mass is 431 g/mol. The molecule has 3 aromatic heterocycles. The fraction of sp³-hybridized carbons (Fsp3) is 0.250. The van der Waals surface area contributed by atoms with Crippen molar-refractivity contribution >= 4 is 23.1 Å². The van der Waals surface area contributed by atoms with Crippen molar-refractivity contribution < 1.29 is 4.79 Å². The molecule has 0 aliphatic carbocycles. The molecule has 0 fully saturated rings. The summed E-state index contributed by atoms with van der Waals surface area (Å²) >= 11 is 1.51. The normalized spacial score (nSPS) is 11.5. The fourth-order valence-electron chi connectivity index (χ4n) is 3.21. The van der Waals surface area contributed by atoms with Crippen molar-refractivity contribution in [3.63, 3.8) is 0 Å². The minimum Gasteiger partial charge on any atom is -0.311 e. The van der Waals surface area contributed by atoms with E-state index in [0.717, 1.165) is 21.8 Å². The number of thiazole rings is 1. The van der Waals surface area contributed by atoms with Crippen molar-refractivity contribution in [3.05, 3.63) is 83.3 Å². The summed E-state index contributed by atoms with van der Waals surface area (Å²) in [5, 5.41) is 10.1. The molecule has 3 heterocycles. The van der Waals surface area contributed by atoms with Gasteiger partial charge in [-0.3, -0.25) is 9.78 Å². The van der Waals surface area contributed by atoms with Gasteiger partial charge in [0, 0.05) is 29.4 Å². The standard InChI is InChI=1S/C24H25N5OS/c1-24(2,3)19-8-6-17(7-9-19)15-29-21(10-12-26-29)28-22(30)13-20-16-31-23(27-20)18-5-4-11-25-14-18/h4-12,14,16H,13,15H2,1-3H3,(H,28,30). The SMILES string of the molecule is CC(C)(C)c1ccc(Cn2nccc2NC(=O)Cc2csc(-c3cccnc3)n2)cc1. The zero-order chi connectivity index (χ0) is 21.8. The molecule has 0 bridgehead atoms. The van der Waals surface area contributed by atoms with E-state index in [-0.39, 0.29) is 17.7 Å². The number of rotatable bonds is 6. The van der Waals surface area contributed by atoms with Crippen molar-refractivity contribution in [1.82, 2.24) is 19.7 Å². The van der Waals surface area contributed by atoms with E-state index in [1.807, 2.05) is 23.6 Å². The molecule has 4 rings (SSSR count). The Bertz CT molecular complexity index is 1160. The summed E-state index contributed by atoms with van der Waals surface area (Å²) in [5.41, 5.74) is 4.24. The van der Waals surface area contributed by atoms with Gasteiger partial charge in [0.25, 0.3) is 0 Å². The maximum atomic E-state index is 12.6. The fourth-order valence-corrected chi connectivity index (χ4v) is 4.02. The molecule has 1 aromatic carbocycles. The first kappa shape index (κ1) is 20.9. The predicted octanol–water partition coefficient (Wildman–Crippen LogP) is 4.93. The van der Waals surface area contributed by atoms with Gasteiger partial charge in [0.1, 0.15) is 10.8 Å². The number of pyridine rings is 1. The number of carbonyl (C=O) groups is 1. The zero-order valence-corrected chi connectivity index (χ0v) is 18.7. The Labute approximate surface area is 186 Å². The highest BCUT2D eigenvalue weighted by molar-refractivity contribution is 7.13. The number of benzene rings is 1. The van der Waals surface area contributed by atoms with Gasteiger partial charge in [-0.15, -0.1) is 11.3 Å². The molecule has 0 unspecified atom stereocenters. The second-order valence-electron chi connectivity index (χ2n) is 8.43. The lowest BCUT2D eigenvalue weighted by Crippen LogP contribution is -2.18. The molecule has 31 heavy (non-hydrogen) atoms. The first-order chi connectivity index (χ1) is 14.9. The molecule has 158 valence electrons. The largest absolute Gasteiger partial charge is 0.311 e. The van der Waals surface area contributed by atoms with Crippen LogP contribution in [0.5, 0.6) is 0 Å². The zero-order valence-electron chi connectivity index (χ0n) is 17.9. The quantitative estimate of drug-likeness (QED) is 0.470. The Morgan fingerprint density at radius 2 is 1.90 bits per heavy atom. The van der Waals surface area contributed by atoms with Crippen molar-refractivity contribution in [2.75, 3.05) is 5.32 Å². The molecule has 1 N–H and O–H groups in total. The van der Waals surface area contributed by atoms with Crippen LogP contribution in [-0.2, 0) is 23.2 Å². The van der Waals surface area contributed by atoms with E-state index in [4.69, 9.17) is 0 Å². The molecule has 4 aromatic rings. The highest BCUT2D eigenvalue weighted by Crippen LogP contribution is 2.24. The Kier molecular flexibility index (Phi) is 5.95. The summed E-state index contributed by atoms with van der Waals surface area (Å²) in [6.07, 6.45) is 5.41. The minimum atomic E-state index is -0.118. The van der Waals surface area contributed by atoms with Crippen molar-refractivity contribution in [3.8, 4) is 10.6 Å². The summed E-state index contributed by atoms with van der Waals surface area (Å²) in [5.74, 6) is 0.556. The van der Waals surface area contributed by atoms with E-state index in [1.165, 1.54) is 16.9 Å². The van der Waals surface area contributed by atoms with E-state index < -0.39 is 0 Å². The second kappa shape index (κ2) is 8.81. The van der Waals surface area contributed by atoms with Crippen LogP contribution in [0.2, 0.25) is 0 Å². The van der Waals surface area contributed by atoms with Crippen LogP contribution in [-0.4, -0.2) is 25.7 Å². The topological polar surface area (TPSA) is 72.7 Å². The lowest BCUT2D eigenvalue weighted by Gasteiger charge is -2.19. The molecule has 0 saturated heterocycles. The highest BCUT2D eigenvalue weighted by Gasteiger charge is 2.14. The van der Waals surface area contributed by atoms with E-state index in [1.54, 1.807) is 23.3 Å². The average Bonchev–Trinajstić information content (AvgIpc) is 3.38. The highest BCUT2D eigenvalue weighted by atomic mass is 32.1. The van der Waals surface area contributed by atoms with Crippen LogP contribution in [0.3, 0.4) is 0 Å². The Morgan fingerprint density at radius 3 is 2.61 bits per heavy atom. The van der Waals surface area contributed by atoms with Crippen LogP contribution in [0.25, 0.3) is 10.6 Å². The number of carbonyl (C=O) groups excluding carboxylic acids is 1. The summed E-state index contributed by atoms with van der Waals surface area (Å²) < 4.78 is 1.80. The van der Waals surface area contributed by atoms with Crippen molar-refractivity contribution in [1.29, 1.82) is 0 Å². The molecule has 0 aliphatic rings. The number of anilines is 1. The van der Waals surface area contributed by atoms with Gasteiger partial charge in [-0.1, -0.05) is 45.0 Å². The molecular formula is C24H25N5OS. The lowest BCUT2D eigenvalue weighted by atomic mass is 9.87. The first-order valence-corrected chi connectivity index (χ1v) is 11.0. The van der Waals surface area contributed by atoms with Crippen LogP contribution in [0.15, 0.2) is 66.4 Å². The Morgan fingerprint density at radius 1 is 1.10 bits per heavy atom. The van der Waals surface area contributed by atoms with E-state index in [2.05, 4.69) is 65.4 Å². The van der Waals surface area contributed by atoms with Crippen LogP contribution < -0.4 is 5.32 Å². The molecule has 0 spiro atoms. The van der Waals surface area contributed by atoms with Crippen LogP contribution >= 0.6 is 11.3 Å². The van der Waals surface area contributed by atoms with Crippen LogP contribution in [0.1, 0.15) is 37.6 Å². The smallest absolute Gasteiger partial charge is 0.231 e. The molecule has 0 aliphatic heterocycles. The van der Waals surface area contributed by atoms with Gasteiger partial charge in [-0.25, -0.2) is 9.67 Å². The van der Waals surface area contributed by atoms with Gasteiger partial charge in [0.2, 0.25) is 5.91 Å². The minimum absolute atomic E-state index is 0.118. The van der Waals surface area contributed by atoms with Gasteiger partial charge in [0.05, 0.1) is 24.9 Å². The molecule has 1 amide bonds. The van der Waals surface area contributed by atoms with Gasteiger partial charge in [0.15, 0.2) is 0 Å². The van der Waals surface area contributed by atoms with E-state index >= 15 is 0 Å². The molecular weight excluding hydrogens is 406 g/mol.